The van der Waals surface area contributed by atoms with Gasteiger partial charge in [-0.25, -0.2) is 4.98 Å². The molecule has 0 saturated heterocycles. The first kappa shape index (κ1) is 22.5. The van der Waals surface area contributed by atoms with Gasteiger partial charge in [-0.05, 0) is 37.1 Å². The van der Waals surface area contributed by atoms with E-state index in [1.807, 2.05) is 43.3 Å². The average Bonchev–Trinajstić information content (AvgIpc) is 2.84. The summed E-state index contributed by atoms with van der Waals surface area (Å²) in [5, 5.41) is 12.2. The molecule has 1 unspecified atom stereocenters. The number of amides is 1. The zero-order chi connectivity index (χ0) is 23.4. The van der Waals surface area contributed by atoms with Crippen LogP contribution in [0.2, 0.25) is 0 Å². The van der Waals surface area contributed by atoms with E-state index in [2.05, 4.69) is 12.2 Å². The molecule has 2 N–H and O–H groups in total. The van der Waals surface area contributed by atoms with Crippen molar-refractivity contribution in [1.29, 1.82) is 5.41 Å². The van der Waals surface area contributed by atoms with Gasteiger partial charge < -0.3 is 9.88 Å². The van der Waals surface area contributed by atoms with E-state index in [-0.39, 0.29) is 28.6 Å². The highest BCUT2D eigenvalue weighted by Gasteiger charge is 2.20. The summed E-state index contributed by atoms with van der Waals surface area (Å²) >= 11 is 0. The molecule has 0 spiro atoms. The predicted molar refractivity (Wildman–Crippen MR) is 130 cm³/mol. The van der Waals surface area contributed by atoms with E-state index < -0.39 is 0 Å². The van der Waals surface area contributed by atoms with Crippen molar-refractivity contribution in [3.63, 3.8) is 0 Å². The first-order valence-electron chi connectivity index (χ1n) is 11.5. The average molecular weight is 444 g/mol. The molecule has 33 heavy (non-hydrogen) atoms. The van der Waals surface area contributed by atoms with E-state index in [4.69, 9.17) is 10.4 Å². The van der Waals surface area contributed by atoms with Gasteiger partial charge in [0, 0.05) is 12.7 Å². The van der Waals surface area contributed by atoms with Gasteiger partial charge in [-0.3, -0.25) is 19.4 Å². The lowest BCUT2D eigenvalue weighted by molar-refractivity contribution is 0.0950. The standard InChI is InChI=1S/C26H29N5O2/c1-3-4-5-10-15-28-25(32)20-17-21-24(29-22-14-9-11-16-30(22)26(21)33)31(23(20)27)18(2)19-12-7-6-8-13-19/h6-9,11-14,16-18,27H,3-5,10,15H2,1-2H3,(H,28,32). The maximum Gasteiger partial charge on any atom is 0.267 e. The summed E-state index contributed by atoms with van der Waals surface area (Å²) in [4.78, 5) is 31.1. The summed E-state index contributed by atoms with van der Waals surface area (Å²) in [5.74, 6) is -0.343. The highest BCUT2D eigenvalue weighted by Crippen LogP contribution is 2.20. The van der Waals surface area contributed by atoms with Crippen LogP contribution in [0, 0.1) is 5.41 Å². The number of nitrogens with one attached hydrogen (secondary N) is 2. The molecule has 4 rings (SSSR count). The van der Waals surface area contributed by atoms with Crippen LogP contribution in [-0.2, 0) is 0 Å². The third-order valence-corrected chi connectivity index (χ3v) is 5.99. The monoisotopic (exact) mass is 443 g/mol. The molecule has 0 fully saturated rings. The number of nitrogens with zero attached hydrogens (tertiary/aromatic N) is 3. The number of carbonyl (C=O) groups excluding carboxylic acids is 1. The van der Waals surface area contributed by atoms with Crippen molar-refractivity contribution in [2.75, 3.05) is 6.54 Å². The van der Waals surface area contributed by atoms with Crippen LogP contribution in [0.4, 0.5) is 0 Å². The minimum atomic E-state index is -0.343. The van der Waals surface area contributed by atoms with Gasteiger partial charge in [-0.2, -0.15) is 0 Å². The fourth-order valence-electron chi connectivity index (χ4n) is 4.13. The number of unbranched alkanes of at least 4 members (excludes halogenated alkanes) is 3. The third-order valence-electron chi connectivity index (χ3n) is 5.99. The predicted octanol–water partition coefficient (Wildman–Crippen LogP) is 4.05. The summed E-state index contributed by atoms with van der Waals surface area (Å²) in [7, 11) is 0. The normalized spacial score (nSPS) is 12.2. The van der Waals surface area contributed by atoms with E-state index in [0.29, 0.717) is 23.2 Å². The fourth-order valence-corrected chi connectivity index (χ4v) is 4.13. The lowest BCUT2D eigenvalue weighted by Gasteiger charge is -2.21. The lowest BCUT2D eigenvalue weighted by atomic mass is 10.1. The van der Waals surface area contributed by atoms with Crippen LogP contribution in [0.1, 0.15) is 61.5 Å². The van der Waals surface area contributed by atoms with E-state index in [0.717, 1.165) is 31.2 Å². The summed E-state index contributed by atoms with van der Waals surface area (Å²) in [6.45, 7) is 4.64. The van der Waals surface area contributed by atoms with Gasteiger partial charge in [-0.15, -0.1) is 0 Å². The largest absolute Gasteiger partial charge is 0.352 e. The Morgan fingerprint density at radius 2 is 1.85 bits per heavy atom. The molecule has 1 amide bonds. The molecule has 3 heterocycles. The van der Waals surface area contributed by atoms with Crippen LogP contribution in [0.3, 0.4) is 0 Å². The molecule has 1 atom stereocenters. The summed E-state index contributed by atoms with van der Waals surface area (Å²) in [6, 6.07) is 16.3. The number of fused-ring (bicyclic) bond motifs is 2. The molecule has 0 aliphatic heterocycles. The number of pyridine rings is 2. The van der Waals surface area contributed by atoms with Gasteiger partial charge in [0.05, 0.1) is 17.0 Å². The Balaban J connectivity index is 1.89. The van der Waals surface area contributed by atoms with E-state index in [1.54, 1.807) is 22.9 Å². The van der Waals surface area contributed by atoms with E-state index >= 15 is 0 Å². The quantitative estimate of drug-likeness (QED) is 0.318. The molecule has 3 aromatic heterocycles. The topological polar surface area (TPSA) is 92.2 Å². The molecule has 170 valence electrons. The minimum absolute atomic E-state index is 0.0390. The van der Waals surface area contributed by atoms with Gasteiger partial charge in [-0.1, -0.05) is 62.6 Å². The Hall–Kier alpha value is -3.74. The zero-order valence-corrected chi connectivity index (χ0v) is 19.0. The summed E-state index contributed by atoms with van der Waals surface area (Å²) < 4.78 is 3.15. The summed E-state index contributed by atoms with van der Waals surface area (Å²) in [5.41, 5.74) is 1.81. The second-order valence-electron chi connectivity index (χ2n) is 8.26. The Morgan fingerprint density at radius 1 is 1.09 bits per heavy atom. The smallest absolute Gasteiger partial charge is 0.267 e. The molecule has 7 heteroatoms. The van der Waals surface area contributed by atoms with Gasteiger partial charge in [0.1, 0.15) is 16.8 Å². The minimum Gasteiger partial charge on any atom is -0.352 e. The van der Waals surface area contributed by atoms with Crippen molar-refractivity contribution < 1.29 is 4.79 Å². The number of benzene rings is 1. The molecule has 0 aliphatic rings. The second kappa shape index (κ2) is 9.81. The molecular formula is C26H29N5O2. The Bertz CT molecular complexity index is 1410. The van der Waals surface area contributed by atoms with Crippen LogP contribution in [0.5, 0.6) is 0 Å². The van der Waals surface area contributed by atoms with Crippen LogP contribution >= 0.6 is 0 Å². The van der Waals surface area contributed by atoms with Crippen molar-refractivity contribution in [2.45, 2.75) is 45.6 Å². The first-order chi connectivity index (χ1) is 16.0. The molecule has 0 saturated carbocycles. The number of carbonyl (C=O) groups is 1. The molecule has 7 nitrogen and oxygen atoms in total. The van der Waals surface area contributed by atoms with Crippen molar-refractivity contribution in [1.82, 2.24) is 19.3 Å². The van der Waals surface area contributed by atoms with Gasteiger partial charge >= 0.3 is 0 Å². The maximum atomic E-state index is 13.3. The Morgan fingerprint density at radius 3 is 2.61 bits per heavy atom. The molecule has 0 bridgehead atoms. The van der Waals surface area contributed by atoms with Crippen LogP contribution in [0.15, 0.2) is 65.6 Å². The van der Waals surface area contributed by atoms with Crippen molar-refractivity contribution in [2.24, 2.45) is 0 Å². The maximum absolute atomic E-state index is 13.3. The molecule has 1 aromatic carbocycles. The Labute approximate surface area is 192 Å². The fraction of sp³-hybridized carbons (Fsp3) is 0.308. The summed E-state index contributed by atoms with van der Waals surface area (Å²) in [6.07, 6.45) is 5.84. The zero-order valence-electron chi connectivity index (χ0n) is 19.0. The molecule has 0 aliphatic carbocycles. The second-order valence-corrected chi connectivity index (χ2v) is 8.26. The lowest BCUT2D eigenvalue weighted by Crippen LogP contribution is -2.36. The van der Waals surface area contributed by atoms with Gasteiger partial charge in [0.15, 0.2) is 0 Å². The van der Waals surface area contributed by atoms with Gasteiger partial charge in [0.25, 0.3) is 11.5 Å². The van der Waals surface area contributed by atoms with Crippen molar-refractivity contribution >= 4 is 22.6 Å². The first-order valence-corrected chi connectivity index (χ1v) is 11.5. The van der Waals surface area contributed by atoms with E-state index in [1.165, 1.54) is 10.5 Å². The highest BCUT2D eigenvalue weighted by atomic mass is 16.1. The number of hydrogen-bond donors (Lipinski definition) is 2. The van der Waals surface area contributed by atoms with Crippen molar-refractivity contribution in [3.05, 3.63) is 87.8 Å². The molecular weight excluding hydrogens is 414 g/mol. The van der Waals surface area contributed by atoms with Gasteiger partial charge in [0.2, 0.25) is 0 Å². The number of hydrogen-bond acceptors (Lipinski definition) is 4. The third kappa shape index (κ3) is 4.44. The number of rotatable bonds is 8. The molecule has 0 radical (unpaired) electrons. The highest BCUT2D eigenvalue weighted by molar-refractivity contribution is 5.96. The van der Waals surface area contributed by atoms with E-state index in [9.17, 15) is 9.59 Å². The number of aromatic nitrogens is 3. The van der Waals surface area contributed by atoms with Crippen molar-refractivity contribution in [3.8, 4) is 0 Å². The SMILES string of the molecule is CCCCCCNC(=O)c1cc2c(=O)n3ccccc3nc2n(C(C)c2ccccc2)c1=N. The van der Waals surface area contributed by atoms with Crippen LogP contribution < -0.4 is 16.4 Å². The van der Waals surface area contributed by atoms with Crippen LogP contribution in [-0.4, -0.2) is 26.4 Å². The van der Waals surface area contributed by atoms with Crippen LogP contribution in [0.25, 0.3) is 16.7 Å². The Kier molecular flexibility index (Phi) is 6.68. The molecule has 4 aromatic rings.